The van der Waals surface area contributed by atoms with Crippen LogP contribution in [0.1, 0.15) is 29.3 Å². The number of carbonyl (C=O) groups is 2. The Bertz CT molecular complexity index is 1400. The average Bonchev–Trinajstić information content (AvgIpc) is 3.66. The molecule has 1 aliphatic rings. The number of nitrogens with one attached hydrogen (secondary N) is 1. The second-order valence-corrected chi connectivity index (χ2v) is 9.83. The highest BCUT2D eigenvalue weighted by molar-refractivity contribution is 5.88. The van der Waals surface area contributed by atoms with Crippen LogP contribution in [0.25, 0.3) is 11.6 Å². The fourth-order valence-electron chi connectivity index (χ4n) is 4.76. The van der Waals surface area contributed by atoms with Crippen molar-refractivity contribution in [3.63, 3.8) is 0 Å². The SMILES string of the molecule is Cc1ccc(-c2nnn(CC(=O)N(CCCN3CCOCC3)[C@@H](C(=O)NCc3ccccc3)c3ccncc3)n2)o1. The minimum atomic E-state index is -0.866. The normalized spacial score (nSPS) is 14.5. The molecule has 12 nitrogen and oxygen atoms in total. The quantitative estimate of drug-likeness (QED) is 0.278. The van der Waals surface area contributed by atoms with E-state index in [-0.39, 0.29) is 24.2 Å². The van der Waals surface area contributed by atoms with Crippen LogP contribution in [-0.2, 0) is 27.4 Å². The highest BCUT2D eigenvalue weighted by Gasteiger charge is 2.32. The van der Waals surface area contributed by atoms with E-state index in [4.69, 9.17) is 9.15 Å². The lowest BCUT2D eigenvalue weighted by Crippen LogP contribution is -2.46. The summed E-state index contributed by atoms with van der Waals surface area (Å²) < 4.78 is 11.1. The van der Waals surface area contributed by atoms with Crippen LogP contribution in [0.15, 0.2) is 71.4 Å². The minimum absolute atomic E-state index is 0.183. The largest absolute Gasteiger partial charge is 0.458 e. The molecule has 1 saturated heterocycles. The molecule has 41 heavy (non-hydrogen) atoms. The third kappa shape index (κ3) is 7.62. The maximum Gasteiger partial charge on any atom is 0.247 e. The van der Waals surface area contributed by atoms with Gasteiger partial charge < -0.3 is 19.4 Å². The van der Waals surface area contributed by atoms with E-state index >= 15 is 0 Å². The number of amides is 2. The van der Waals surface area contributed by atoms with Crippen molar-refractivity contribution in [1.29, 1.82) is 0 Å². The van der Waals surface area contributed by atoms with Gasteiger partial charge in [0, 0.05) is 45.1 Å². The van der Waals surface area contributed by atoms with Crippen molar-refractivity contribution in [2.24, 2.45) is 0 Å². The fraction of sp³-hybridized carbons (Fsp3) is 0.379. The minimum Gasteiger partial charge on any atom is -0.458 e. The van der Waals surface area contributed by atoms with Crippen molar-refractivity contribution in [2.45, 2.75) is 32.5 Å². The number of pyridine rings is 1. The van der Waals surface area contributed by atoms with Gasteiger partial charge in [0.2, 0.25) is 17.6 Å². The van der Waals surface area contributed by atoms with Crippen LogP contribution in [-0.4, -0.2) is 86.2 Å². The maximum atomic E-state index is 13.9. The van der Waals surface area contributed by atoms with Crippen molar-refractivity contribution in [3.8, 4) is 11.6 Å². The number of hydrogen-bond acceptors (Lipinski definition) is 9. The molecule has 0 bridgehead atoms. The summed E-state index contributed by atoms with van der Waals surface area (Å²) in [5, 5.41) is 15.5. The summed E-state index contributed by atoms with van der Waals surface area (Å²) in [6, 6.07) is 15.9. The van der Waals surface area contributed by atoms with E-state index in [1.165, 1.54) is 4.80 Å². The van der Waals surface area contributed by atoms with Crippen LogP contribution >= 0.6 is 0 Å². The molecule has 1 fully saturated rings. The Morgan fingerprint density at radius 2 is 1.83 bits per heavy atom. The number of morpholine rings is 1. The molecule has 1 aromatic carbocycles. The van der Waals surface area contributed by atoms with Crippen LogP contribution in [0.3, 0.4) is 0 Å². The Morgan fingerprint density at radius 1 is 1.05 bits per heavy atom. The first-order valence-corrected chi connectivity index (χ1v) is 13.7. The second kappa shape index (κ2) is 13.8. The molecule has 4 aromatic rings. The van der Waals surface area contributed by atoms with Crippen LogP contribution in [0.2, 0.25) is 0 Å². The van der Waals surface area contributed by atoms with Gasteiger partial charge in [-0.3, -0.25) is 19.5 Å². The van der Waals surface area contributed by atoms with Crippen molar-refractivity contribution in [1.82, 2.24) is 40.3 Å². The number of nitrogens with zero attached hydrogens (tertiary/aromatic N) is 7. The molecule has 214 valence electrons. The first kappa shape index (κ1) is 28.1. The van der Waals surface area contributed by atoms with Gasteiger partial charge in [-0.1, -0.05) is 30.3 Å². The van der Waals surface area contributed by atoms with Gasteiger partial charge >= 0.3 is 0 Å². The summed E-state index contributed by atoms with van der Waals surface area (Å²) in [5.74, 6) is 0.899. The van der Waals surface area contributed by atoms with E-state index in [1.807, 2.05) is 43.3 Å². The summed E-state index contributed by atoms with van der Waals surface area (Å²) in [6.07, 6.45) is 3.93. The number of aromatic nitrogens is 5. The third-order valence-electron chi connectivity index (χ3n) is 6.88. The van der Waals surface area contributed by atoms with Gasteiger partial charge in [-0.2, -0.15) is 4.80 Å². The summed E-state index contributed by atoms with van der Waals surface area (Å²) in [7, 11) is 0. The highest BCUT2D eigenvalue weighted by Crippen LogP contribution is 2.23. The first-order valence-electron chi connectivity index (χ1n) is 13.7. The van der Waals surface area contributed by atoms with Crippen molar-refractivity contribution in [2.75, 3.05) is 39.4 Å². The number of furan rings is 1. The lowest BCUT2D eigenvalue weighted by atomic mass is 10.0. The predicted molar refractivity (Wildman–Crippen MR) is 149 cm³/mol. The molecule has 2 amide bonds. The molecule has 4 heterocycles. The van der Waals surface area contributed by atoms with Crippen molar-refractivity contribution >= 4 is 11.8 Å². The fourth-order valence-corrected chi connectivity index (χ4v) is 4.76. The number of benzene rings is 1. The van der Waals surface area contributed by atoms with Crippen LogP contribution < -0.4 is 5.32 Å². The zero-order chi connectivity index (χ0) is 28.4. The van der Waals surface area contributed by atoms with Crippen LogP contribution in [0.5, 0.6) is 0 Å². The molecule has 0 spiro atoms. The number of carbonyl (C=O) groups excluding carboxylic acids is 2. The third-order valence-corrected chi connectivity index (χ3v) is 6.88. The Hall–Kier alpha value is -4.42. The van der Waals surface area contributed by atoms with E-state index in [1.54, 1.807) is 35.5 Å². The standard InChI is InChI=1S/C29H34N8O4/c1-22-8-9-25(41-22)28-32-34-37(33-28)21-26(38)36(15-5-14-35-16-18-40-19-17-35)27(24-10-12-30-13-11-24)29(39)31-20-23-6-3-2-4-7-23/h2-4,6-13,27H,5,14-21H2,1H3,(H,31,39)/t27-/m1/s1. The molecule has 3 aromatic heterocycles. The number of hydrogen-bond donors (Lipinski definition) is 1. The van der Waals surface area contributed by atoms with Gasteiger partial charge in [-0.15, -0.1) is 10.2 Å². The van der Waals surface area contributed by atoms with Gasteiger partial charge in [0.15, 0.2) is 5.76 Å². The topological polar surface area (TPSA) is 132 Å². The average molecular weight is 559 g/mol. The summed E-state index contributed by atoms with van der Waals surface area (Å²) in [4.78, 5) is 36.9. The zero-order valence-corrected chi connectivity index (χ0v) is 23.1. The van der Waals surface area contributed by atoms with Crippen molar-refractivity contribution in [3.05, 3.63) is 83.9 Å². The molecule has 1 N–H and O–H groups in total. The van der Waals surface area contributed by atoms with Crippen LogP contribution in [0, 0.1) is 6.92 Å². The molecule has 0 saturated carbocycles. The molecular formula is C29H34N8O4. The van der Waals surface area contributed by atoms with Gasteiger partial charge in [-0.05, 0) is 54.0 Å². The Morgan fingerprint density at radius 3 is 2.56 bits per heavy atom. The van der Waals surface area contributed by atoms with Gasteiger partial charge in [0.25, 0.3) is 0 Å². The van der Waals surface area contributed by atoms with E-state index in [0.29, 0.717) is 44.0 Å². The van der Waals surface area contributed by atoms with E-state index in [2.05, 4.69) is 30.6 Å². The van der Waals surface area contributed by atoms with Gasteiger partial charge in [0.05, 0.1) is 13.2 Å². The molecule has 0 unspecified atom stereocenters. The molecule has 0 aliphatic carbocycles. The van der Waals surface area contributed by atoms with Gasteiger partial charge in [0.1, 0.15) is 18.3 Å². The summed E-state index contributed by atoms with van der Waals surface area (Å²) in [6.45, 7) is 6.21. The highest BCUT2D eigenvalue weighted by atomic mass is 16.5. The predicted octanol–water partition coefficient (Wildman–Crippen LogP) is 2.25. The summed E-state index contributed by atoms with van der Waals surface area (Å²) >= 11 is 0. The molecular weight excluding hydrogens is 524 g/mol. The van der Waals surface area contributed by atoms with E-state index in [0.717, 1.165) is 31.0 Å². The number of ether oxygens (including phenoxy) is 1. The lowest BCUT2D eigenvalue weighted by Gasteiger charge is -2.32. The monoisotopic (exact) mass is 558 g/mol. The number of aryl methyl sites for hydroxylation is 1. The smallest absolute Gasteiger partial charge is 0.247 e. The lowest BCUT2D eigenvalue weighted by molar-refractivity contribution is -0.142. The zero-order valence-electron chi connectivity index (χ0n) is 23.1. The second-order valence-electron chi connectivity index (χ2n) is 9.83. The Labute approximate surface area is 238 Å². The van der Waals surface area contributed by atoms with E-state index in [9.17, 15) is 9.59 Å². The molecule has 12 heteroatoms. The maximum absolute atomic E-state index is 13.9. The first-order chi connectivity index (χ1) is 20.1. The molecule has 1 atom stereocenters. The molecule has 5 rings (SSSR count). The number of tetrazole rings is 1. The molecule has 0 radical (unpaired) electrons. The van der Waals surface area contributed by atoms with Crippen LogP contribution in [0.4, 0.5) is 0 Å². The molecule has 1 aliphatic heterocycles. The Balaban J connectivity index is 1.37. The van der Waals surface area contributed by atoms with Crippen molar-refractivity contribution < 1.29 is 18.7 Å². The van der Waals surface area contributed by atoms with Gasteiger partial charge in [-0.25, -0.2) is 0 Å². The Kier molecular flexibility index (Phi) is 9.45. The van der Waals surface area contributed by atoms with E-state index < -0.39 is 6.04 Å². The number of rotatable bonds is 12. The summed E-state index contributed by atoms with van der Waals surface area (Å²) in [5.41, 5.74) is 1.63.